The Morgan fingerprint density at radius 1 is 1.35 bits per heavy atom. The molecule has 0 rings (SSSR count). The minimum absolute atomic E-state index is 0.00679. The molecule has 0 spiro atoms. The van der Waals surface area contributed by atoms with Crippen LogP contribution >= 0.6 is 0 Å². The molecule has 0 saturated carbocycles. The van der Waals surface area contributed by atoms with Gasteiger partial charge in [-0.05, 0) is 33.4 Å². The first-order valence-electron chi connectivity index (χ1n) is 6.14. The molecule has 0 aliphatic carbocycles. The highest BCUT2D eigenvalue weighted by Gasteiger charge is 2.22. The number of ketones is 1. The van der Waals surface area contributed by atoms with Gasteiger partial charge in [0.2, 0.25) is 0 Å². The highest BCUT2D eigenvalue weighted by atomic mass is 16.1. The second kappa shape index (κ2) is 8.06. The van der Waals surface area contributed by atoms with E-state index in [4.69, 9.17) is 11.1 Å². The Morgan fingerprint density at radius 3 is 2.35 bits per heavy atom. The molecule has 0 aromatic carbocycles. The normalized spacial score (nSPS) is 12.8. The predicted molar refractivity (Wildman–Crippen MR) is 71.1 cm³/mol. The number of nitrogens with one attached hydrogen (secondary N) is 2. The van der Waals surface area contributed by atoms with Crippen LogP contribution < -0.4 is 11.1 Å². The van der Waals surface area contributed by atoms with Crippen molar-refractivity contribution in [3.05, 3.63) is 0 Å². The molecule has 100 valence electrons. The fourth-order valence-corrected chi connectivity index (χ4v) is 1.73. The van der Waals surface area contributed by atoms with E-state index in [-0.39, 0.29) is 17.9 Å². The minimum atomic E-state index is 0.00679. The fraction of sp³-hybridized carbons (Fsp3) is 0.833. The number of unbranched alkanes of at least 4 members (excludes halogenated alkanes) is 1. The Kier molecular flexibility index (Phi) is 7.54. The van der Waals surface area contributed by atoms with Gasteiger partial charge in [0.25, 0.3) is 0 Å². The van der Waals surface area contributed by atoms with Gasteiger partial charge >= 0.3 is 0 Å². The third kappa shape index (κ3) is 6.94. The summed E-state index contributed by atoms with van der Waals surface area (Å²) in [6.07, 6.45) is 2.75. The molecule has 0 aromatic heterocycles. The molecule has 5 nitrogen and oxygen atoms in total. The van der Waals surface area contributed by atoms with Gasteiger partial charge in [0.15, 0.2) is 11.7 Å². The summed E-state index contributed by atoms with van der Waals surface area (Å²) in [6, 6.07) is 0.00679. The molecule has 0 aliphatic rings. The van der Waals surface area contributed by atoms with Crippen LogP contribution in [0.25, 0.3) is 0 Å². The Morgan fingerprint density at radius 2 is 1.94 bits per heavy atom. The number of likely N-dealkylation sites (N-methyl/N-ethyl adjacent to an activating group) is 1. The van der Waals surface area contributed by atoms with Crippen molar-refractivity contribution < 1.29 is 4.79 Å². The number of rotatable bonds is 8. The molecule has 0 fully saturated rings. The first-order chi connectivity index (χ1) is 7.86. The summed E-state index contributed by atoms with van der Waals surface area (Å²) in [5.74, 6) is 0.389. The van der Waals surface area contributed by atoms with Gasteiger partial charge in [0, 0.05) is 12.5 Å². The van der Waals surface area contributed by atoms with Crippen LogP contribution in [0.3, 0.4) is 0 Å². The molecule has 0 aliphatic heterocycles. The van der Waals surface area contributed by atoms with Crippen molar-refractivity contribution in [2.75, 3.05) is 20.6 Å². The van der Waals surface area contributed by atoms with E-state index in [0.717, 1.165) is 19.3 Å². The summed E-state index contributed by atoms with van der Waals surface area (Å²) in [4.78, 5) is 13.9. The lowest BCUT2D eigenvalue weighted by Gasteiger charge is -2.24. The summed E-state index contributed by atoms with van der Waals surface area (Å²) < 4.78 is 0. The highest BCUT2D eigenvalue weighted by Crippen LogP contribution is 2.11. The van der Waals surface area contributed by atoms with Gasteiger partial charge in [0.1, 0.15) is 0 Å². The summed E-state index contributed by atoms with van der Waals surface area (Å²) in [7, 11) is 3.89. The molecule has 5 heteroatoms. The van der Waals surface area contributed by atoms with Crippen LogP contribution in [0.4, 0.5) is 0 Å². The largest absolute Gasteiger partial charge is 0.370 e. The summed E-state index contributed by atoms with van der Waals surface area (Å²) in [5, 5.41) is 9.77. The number of carbonyl (C=O) groups is 1. The molecular formula is C12H26N4O. The summed E-state index contributed by atoms with van der Waals surface area (Å²) >= 11 is 0. The molecule has 0 heterocycles. The van der Waals surface area contributed by atoms with Crippen LogP contribution in [-0.4, -0.2) is 43.3 Å². The molecular weight excluding hydrogens is 216 g/mol. The van der Waals surface area contributed by atoms with Crippen LogP contribution in [-0.2, 0) is 4.79 Å². The third-order valence-corrected chi connectivity index (χ3v) is 2.74. The van der Waals surface area contributed by atoms with Crippen LogP contribution in [0, 0.1) is 11.3 Å². The summed E-state index contributed by atoms with van der Waals surface area (Å²) in [5.41, 5.74) is 5.18. The van der Waals surface area contributed by atoms with Crippen LogP contribution in [0.5, 0.6) is 0 Å². The van der Waals surface area contributed by atoms with Gasteiger partial charge in [-0.15, -0.1) is 0 Å². The minimum Gasteiger partial charge on any atom is -0.370 e. The quantitative estimate of drug-likeness (QED) is 0.334. The van der Waals surface area contributed by atoms with Gasteiger partial charge in [-0.3, -0.25) is 15.1 Å². The van der Waals surface area contributed by atoms with Gasteiger partial charge in [0.05, 0.1) is 6.04 Å². The Labute approximate surface area is 104 Å². The van der Waals surface area contributed by atoms with Gasteiger partial charge < -0.3 is 11.1 Å². The van der Waals surface area contributed by atoms with Crippen molar-refractivity contribution in [2.45, 2.75) is 39.2 Å². The average molecular weight is 242 g/mol. The van der Waals surface area contributed by atoms with Crippen molar-refractivity contribution in [1.82, 2.24) is 10.2 Å². The predicted octanol–water partition coefficient (Wildman–Crippen LogP) is 0.795. The van der Waals surface area contributed by atoms with E-state index >= 15 is 0 Å². The van der Waals surface area contributed by atoms with Crippen molar-refractivity contribution in [3.63, 3.8) is 0 Å². The number of nitrogens with two attached hydrogens (primary N) is 1. The van der Waals surface area contributed by atoms with E-state index in [0.29, 0.717) is 12.3 Å². The van der Waals surface area contributed by atoms with Crippen molar-refractivity contribution in [2.24, 2.45) is 11.7 Å². The molecule has 17 heavy (non-hydrogen) atoms. The molecule has 1 atom stereocenters. The number of guanidine groups is 1. The van der Waals surface area contributed by atoms with Crippen molar-refractivity contribution in [3.8, 4) is 0 Å². The lowest BCUT2D eigenvalue weighted by molar-refractivity contribution is -0.126. The second-order valence-electron chi connectivity index (χ2n) is 4.87. The summed E-state index contributed by atoms with van der Waals surface area (Å²) in [6.45, 7) is 4.58. The molecule has 4 N–H and O–H groups in total. The van der Waals surface area contributed by atoms with Gasteiger partial charge in [-0.25, -0.2) is 0 Å². The SMILES string of the molecule is CC(C)C(=O)C(CCCCNC(=N)N)N(C)C. The van der Waals surface area contributed by atoms with E-state index in [1.165, 1.54) is 0 Å². The van der Waals surface area contributed by atoms with Gasteiger partial charge in [-0.1, -0.05) is 13.8 Å². The number of Topliss-reactive ketones (excluding diaryl/α,β-unsaturated/α-hetero) is 1. The maximum Gasteiger partial charge on any atom is 0.185 e. The molecule has 0 radical (unpaired) electrons. The highest BCUT2D eigenvalue weighted by molar-refractivity contribution is 5.85. The Bertz CT molecular complexity index is 251. The van der Waals surface area contributed by atoms with Crippen LogP contribution in [0.15, 0.2) is 0 Å². The zero-order chi connectivity index (χ0) is 13.4. The van der Waals surface area contributed by atoms with E-state index in [9.17, 15) is 4.79 Å². The molecule has 0 aromatic rings. The Hall–Kier alpha value is -1.10. The number of hydrogen-bond donors (Lipinski definition) is 3. The van der Waals surface area contributed by atoms with Gasteiger partial charge in [-0.2, -0.15) is 0 Å². The zero-order valence-electron chi connectivity index (χ0n) is 11.4. The van der Waals surface area contributed by atoms with Crippen LogP contribution in [0.1, 0.15) is 33.1 Å². The number of hydrogen-bond acceptors (Lipinski definition) is 3. The molecule has 0 saturated heterocycles. The molecule has 0 amide bonds. The van der Waals surface area contributed by atoms with Crippen molar-refractivity contribution in [1.29, 1.82) is 5.41 Å². The Balaban J connectivity index is 3.94. The third-order valence-electron chi connectivity index (χ3n) is 2.74. The van der Waals surface area contributed by atoms with E-state index in [1.54, 1.807) is 0 Å². The zero-order valence-corrected chi connectivity index (χ0v) is 11.4. The number of carbonyl (C=O) groups excluding carboxylic acids is 1. The first-order valence-corrected chi connectivity index (χ1v) is 6.14. The van der Waals surface area contributed by atoms with E-state index in [1.807, 2.05) is 32.8 Å². The average Bonchev–Trinajstić information content (AvgIpc) is 2.21. The first kappa shape index (κ1) is 15.9. The lowest BCUT2D eigenvalue weighted by atomic mass is 9.96. The van der Waals surface area contributed by atoms with E-state index in [2.05, 4.69) is 5.32 Å². The maximum absolute atomic E-state index is 11.9. The number of nitrogens with zero attached hydrogens (tertiary/aromatic N) is 1. The van der Waals surface area contributed by atoms with Crippen molar-refractivity contribution >= 4 is 11.7 Å². The monoisotopic (exact) mass is 242 g/mol. The second-order valence-corrected chi connectivity index (χ2v) is 4.87. The maximum atomic E-state index is 11.9. The molecule has 0 bridgehead atoms. The smallest absolute Gasteiger partial charge is 0.185 e. The standard InChI is InChI=1S/C12H26N4O/c1-9(2)11(17)10(16(3)4)7-5-6-8-15-12(13)14/h9-10H,5-8H2,1-4H3,(H4,13,14,15). The fourth-order valence-electron chi connectivity index (χ4n) is 1.73. The lowest BCUT2D eigenvalue weighted by Crippen LogP contribution is -2.38. The van der Waals surface area contributed by atoms with E-state index < -0.39 is 0 Å². The van der Waals surface area contributed by atoms with Crippen LogP contribution in [0.2, 0.25) is 0 Å². The topological polar surface area (TPSA) is 82.2 Å². The molecule has 1 unspecified atom stereocenters.